The molecule has 0 aliphatic rings. The Kier molecular flexibility index (Phi) is 11.2. The Bertz CT molecular complexity index is 1430. The van der Waals surface area contributed by atoms with Crippen molar-refractivity contribution in [3.63, 3.8) is 0 Å². The molecule has 0 radical (unpaired) electrons. The van der Waals surface area contributed by atoms with Gasteiger partial charge in [0.25, 0.3) is 10.0 Å². The van der Waals surface area contributed by atoms with Crippen molar-refractivity contribution >= 4 is 43.5 Å². The summed E-state index contributed by atoms with van der Waals surface area (Å²) in [5, 5.41) is 2.93. The van der Waals surface area contributed by atoms with Crippen LogP contribution in [0.5, 0.6) is 11.5 Å². The zero-order chi connectivity index (χ0) is 30.2. The molecule has 0 bridgehead atoms. The SMILES string of the molecule is CC[C@H](C)NC(=O)[C@H](C)N(Cc1ccc(Br)cc1)C(=O)CN(c1ccccc1OC)S(=O)(=O)c1ccc(OC)cc1. The summed E-state index contributed by atoms with van der Waals surface area (Å²) >= 11 is 3.42. The van der Waals surface area contributed by atoms with E-state index in [9.17, 15) is 18.0 Å². The molecule has 11 heteroatoms. The van der Waals surface area contributed by atoms with Crippen molar-refractivity contribution in [2.45, 2.75) is 50.7 Å². The standard InChI is InChI=1S/C30H36BrN3O6S/c1-6-21(2)32-30(36)22(3)33(19-23-11-13-24(31)14-12-23)29(35)20-34(27-9-7-8-10-28(27)40-5)41(37,38)26-17-15-25(39-4)16-18-26/h7-18,21-22H,6,19-20H2,1-5H3,(H,32,36)/t21-,22-/m0/s1. The zero-order valence-corrected chi connectivity index (χ0v) is 26.2. The van der Waals surface area contributed by atoms with Crippen LogP contribution in [0.15, 0.2) is 82.2 Å². The van der Waals surface area contributed by atoms with Gasteiger partial charge in [0.15, 0.2) is 0 Å². The number of hydrogen-bond acceptors (Lipinski definition) is 6. The molecule has 9 nitrogen and oxygen atoms in total. The number of carbonyl (C=O) groups excluding carboxylic acids is 2. The molecular formula is C30H36BrN3O6S. The third-order valence-corrected chi connectivity index (χ3v) is 9.02. The number of hydrogen-bond donors (Lipinski definition) is 1. The number of para-hydroxylation sites is 2. The molecule has 2 amide bonds. The molecule has 220 valence electrons. The van der Waals surface area contributed by atoms with E-state index in [-0.39, 0.29) is 34.8 Å². The van der Waals surface area contributed by atoms with Crippen molar-refractivity contribution in [3.8, 4) is 11.5 Å². The van der Waals surface area contributed by atoms with Crippen LogP contribution in [0.25, 0.3) is 0 Å². The minimum atomic E-state index is -4.24. The van der Waals surface area contributed by atoms with Crippen LogP contribution in [0.3, 0.4) is 0 Å². The number of benzene rings is 3. The van der Waals surface area contributed by atoms with E-state index in [1.165, 1.54) is 43.4 Å². The van der Waals surface area contributed by atoms with Crippen LogP contribution in [0.4, 0.5) is 5.69 Å². The first kappa shape index (κ1) is 32.0. The van der Waals surface area contributed by atoms with Gasteiger partial charge in [0, 0.05) is 17.1 Å². The maximum atomic E-state index is 14.0. The Morgan fingerprint density at radius 2 is 1.56 bits per heavy atom. The monoisotopic (exact) mass is 645 g/mol. The number of halogens is 1. The average Bonchev–Trinajstić information content (AvgIpc) is 2.98. The molecule has 0 saturated heterocycles. The second-order valence-corrected chi connectivity index (χ2v) is 12.3. The van der Waals surface area contributed by atoms with Gasteiger partial charge in [-0.15, -0.1) is 0 Å². The van der Waals surface area contributed by atoms with Gasteiger partial charge in [-0.25, -0.2) is 8.42 Å². The molecule has 1 N–H and O–H groups in total. The van der Waals surface area contributed by atoms with Crippen molar-refractivity contribution in [1.82, 2.24) is 10.2 Å². The quantitative estimate of drug-likeness (QED) is 0.281. The Labute approximate surface area is 250 Å². The highest BCUT2D eigenvalue weighted by atomic mass is 79.9. The highest BCUT2D eigenvalue weighted by molar-refractivity contribution is 9.10. The van der Waals surface area contributed by atoms with Gasteiger partial charge in [-0.05, 0) is 74.4 Å². The lowest BCUT2D eigenvalue weighted by molar-refractivity contribution is -0.139. The molecule has 3 aromatic rings. The largest absolute Gasteiger partial charge is 0.497 e. The van der Waals surface area contributed by atoms with Crippen LogP contribution in [0.1, 0.15) is 32.8 Å². The molecule has 0 fully saturated rings. The predicted molar refractivity (Wildman–Crippen MR) is 163 cm³/mol. The summed E-state index contributed by atoms with van der Waals surface area (Å²) in [4.78, 5) is 28.6. The molecule has 0 aromatic heterocycles. The fourth-order valence-electron chi connectivity index (χ4n) is 4.06. The van der Waals surface area contributed by atoms with Crippen LogP contribution in [0.2, 0.25) is 0 Å². The minimum Gasteiger partial charge on any atom is -0.497 e. The Morgan fingerprint density at radius 3 is 2.15 bits per heavy atom. The van der Waals surface area contributed by atoms with Gasteiger partial charge in [0.05, 0.1) is 24.8 Å². The lowest BCUT2D eigenvalue weighted by atomic mass is 10.1. The zero-order valence-electron chi connectivity index (χ0n) is 23.8. The number of nitrogens with one attached hydrogen (secondary N) is 1. The molecule has 2 atom stereocenters. The molecule has 0 heterocycles. The summed E-state index contributed by atoms with van der Waals surface area (Å²) in [5.41, 5.74) is 0.978. The summed E-state index contributed by atoms with van der Waals surface area (Å²) in [5.74, 6) is -0.112. The van der Waals surface area contributed by atoms with Crippen LogP contribution >= 0.6 is 15.9 Å². The predicted octanol–water partition coefficient (Wildman–Crippen LogP) is 4.99. The van der Waals surface area contributed by atoms with E-state index >= 15 is 0 Å². The van der Waals surface area contributed by atoms with E-state index in [4.69, 9.17) is 9.47 Å². The normalized spacial score (nSPS) is 12.6. The van der Waals surface area contributed by atoms with Gasteiger partial charge in [-0.1, -0.05) is 47.1 Å². The molecule has 3 rings (SSSR count). The molecule has 41 heavy (non-hydrogen) atoms. The minimum absolute atomic E-state index is 0.0287. The second-order valence-electron chi connectivity index (χ2n) is 9.50. The summed E-state index contributed by atoms with van der Waals surface area (Å²) in [6.07, 6.45) is 0.723. The Balaban J connectivity index is 2.06. The summed E-state index contributed by atoms with van der Waals surface area (Å²) in [7, 11) is -1.33. The fourth-order valence-corrected chi connectivity index (χ4v) is 5.75. The topological polar surface area (TPSA) is 105 Å². The van der Waals surface area contributed by atoms with Crippen LogP contribution in [-0.2, 0) is 26.2 Å². The smallest absolute Gasteiger partial charge is 0.264 e. The van der Waals surface area contributed by atoms with Gasteiger partial charge in [0.1, 0.15) is 24.1 Å². The van der Waals surface area contributed by atoms with Crippen LogP contribution in [-0.4, -0.2) is 58.0 Å². The van der Waals surface area contributed by atoms with E-state index in [0.29, 0.717) is 5.75 Å². The number of nitrogens with zero attached hydrogens (tertiary/aromatic N) is 2. The first-order valence-corrected chi connectivity index (χ1v) is 15.4. The summed E-state index contributed by atoms with van der Waals surface area (Å²) < 4.78 is 40.6. The highest BCUT2D eigenvalue weighted by Crippen LogP contribution is 2.33. The molecule has 0 aliphatic heterocycles. The summed E-state index contributed by atoms with van der Waals surface area (Å²) in [6.45, 7) is 5.02. The van der Waals surface area contributed by atoms with Crippen LogP contribution in [0, 0.1) is 0 Å². The maximum Gasteiger partial charge on any atom is 0.264 e. The van der Waals surface area contributed by atoms with Gasteiger partial charge in [-0.2, -0.15) is 0 Å². The maximum absolute atomic E-state index is 14.0. The Morgan fingerprint density at radius 1 is 0.927 bits per heavy atom. The van der Waals surface area contributed by atoms with E-state index in [2.05, 4.69) is 21.2 Å². The van der Waals surface area contributed by atoms with Gasteiger partial charge in [0.2, 0.25) is 11.8 Å². The molecule has 0 saturated carbocycles. The summed E-state index contributed by atoms with van der Waals surface area (Å²) in [6, 6.07) is 18.9. The van der Waals surface area contributed by atoms with Crippen molar-refractivity contribution < 1.29 is 27.5 Å². The van der Waals surface area contributed by atoms with E-state index in [1.807, 2.05) is 38.1 Å². The molecule has 0 aliphatic carbocycles. The lowest BCUT2D eigenvalue weighted by Gasteiger charge is -2.32. The number of anilines is 1. The molecule has 0 spiro atoms. The van der Waals surface area contributed by atoms with Crippen molar-refractivity contribution in [1.29, 1.82) is 0 Å². The molecule has 3 aromatic carbocycles. The number of methoxy groups -OCH3 is 2. The molecular weight excluding hydrogens is 610 g/mol. The third kappa shape index (κ3) is 8.01. The van der Waals surface area contributed by atoms with Crippen LogP contribution < -0.4 is 19.1 Å². The molecule has 0 unspecified atom stereocenters. The number of amides is 2. The number of ether oxygens (including phenoxy) is 2. The second kappa shape index (κ2) is 14.4. The van der Waals surface area contributed by atoms with Gasteiger partial charge in [-0.3, -0.25) is 13.9 Å². The highest BCUT2D eigenvalue weighted by Gasteiger charge is 2.34. The average molecular weight is 647 g/mol. The van der Waals surface area contributed by atoms with E-state index in [0.717, 1.165) is 20.8 Å². The Hall–Kier alpha value is -3.57. The number of carbonyl (C=O) groups is 2. The fraction of sp³-hybridized carbons (Fsp3) is 0.333. The third-order valence-electron chi connectivity index (χ3n) is 6.71. The van der Waals surface area contributed by atoms with Crippen molar-refractivity contribution in [3.05, 3.63) is 82.8 Å². The van der Waals surface area contributed by atoms with E-state index in [1.54, 1.807) is 31.2 Å². The van der Waals surface area contributed by atoms with Gasteiger partial charge >= 0.3 is 0 Å². The lowest BCUT2D eigenvalue weighted by Crippen LogP contribution is -2.52. The van der Waals surface area contributed by atoms with Crippen molar-refractivity contribution in [2.75, 3.05) is 25.1 Å². The van der Waals surface area contributed by atoms with Gasteiger partial charge < -0.3 is 19.7 Å². The van der Waals surface area contributed by atoms with E-state index < -0.39 is 28.5 Å². The first-order chi connectivity index (χ1) is 19.5. The first-order valence-electron chi connectivity index (χ1n) is 13.2. The number of sulfonamides is 1. The number of rotatable bonds is 13. The van der Waals surface area contributed by atoms with Crippen molar-refractivity contribution in [2.24, 2.45) is 0 Å².